The molecule has 2 aromatic rings. The Bertz CT molecular complexity index is 1230. The third-order valence-electron chi connectivity index (χ3n) is 6.27. The van der Waals surface area contributed by atoms with E-state index in [1.165, 1.54) is 13.2 Å². The summed E-state index contributed by atoms with van der Waals surface area (Å²) < 4.78 is 5.06. The van der Waals surface area contributed by atoms with Crippen LogP contribution in [0, 0.1) is 16.0 Å². The molecule has 0 amide bonds. The van der Waals surface area contributed by atoms with Crippen LogP contribution in [-0.2, 0) is 14.3 Å². The number of nitrogens with zero attached hydrogens (tertiary/aromatic N) is 2. The van der Waals surface area contributed by atoms with Crippen molar-refractivity contribution in [2.24, 2.45) is 5.92 Å². The molecule has 0 saturated heterocycles. The topological polar surface area (TPSA) is 143 Å². The zero-order valence-corrected chi connectivity index (χ0v) is 19.8. The maximum absolute atomic E-state index is 13.0. The Labute approximate surface area is 202 Å². The third-order valence-corrected chi connectivity index (χ3v) is 6.27. The van der Waals surface area contributed by atoms with Gasteiger partial charge in [-0.15, -0.1) is 0 Å². The Morgan fingerprint density at radius 3 is 2.57 bits per heavy atom. The molecule has 0 fully saturated rings. The Morgan fingerprint density at radius 2 is 1.97 bits per heavy atom. The molecular weight excluding hydrogens is 454 g/mol. The Hall–Kier alpha value is -4.21. The second kappa shape index (κ2) is 10.4. The summed E-state index contributed by atoms with van der Waals surface area (Å²) >= 11 is 0. The van der Waals surface area contributed by atoms with Crippen molar-refractivity contribution in [3.8, 4) is 0 Å². The fourth-order valence-corrected chi connectivity index (χ4v) is 4.81. The van der Waals surface area contributed by atoms with Gasteiger partial charge in [0, 0.05) is 46.4 Å². The SMILES string of the molecule is COC(=O)C1=C(C)N(C(c2[nH]ccc2C=O)C(C)CC(=O)O)C(C)=CC1c1ccccc1[N+](=O)[O-]. The number of para-hydroxylation sites is 1. The van der Waals surface area contributed by atoms with Crippen LogP contribution in [0.1, 0.15) is 60.8 Å². The summed E-state index contributed by atoms with van der Waals surface area (Å²) in [5.74, 6) is -2.91. The number of aliphatic carboxylic acids is 1. The van der Waals surface area contributed by atoms with Gasteiger partial charge in [0.05, 0.1) is 30.1 Å². The Kier molecular flexibility index (Phi) is 7.53. The summed E-state index contributed by atoms with van der Waals surface area (Å²) in [6.07, 6.45) is 3.82. The van der Waals surface area contributed by atoms with Gasteiger partial charge in [-0.3, -0.25) is 19.7 Å². The number of nitro benzene ring substituents is 1. The summed E-state index contributed by atoms with van der Waals surface area (Å²) in [4.78, 5) is 52.4. The number of benzene rings is 1. The number of ether oxygens (including phenoxy) is 1. The maximum atomic E-state index is 13.0. The number of aldehydes is 1. The number of aromatic amines is 1. The number of methoxy groups -OCH3 is 1. The molecule has 0 radical (unpaired) electrons. The van der Waals surface area contributed by atoms with Gasteiger partial charge in [-0.25, -0.2) is 4.79 Å². The van der Waals surface area contributed by atoms with Crippen molar-refractivity contribution in [3.63, 3.8) is 0 Å². The van der Waals surface area contributed by atoms with Gasteiger partial charge in [0.2, 0.25) is 0 Å². The molecule has 35 heavy (non-hydrogen) atoms. The van der Waals surface area contributed by atoms with Gasteiger partial charge in [0.15, 0.2) is 6.29 Å². The molecule has 2 heterocycles. The zero-order chi connectivity index (χ0) is 25.9. The van der Waals surface area contributed by atoms with Crippen LogP contribution in [-0.4, -0.2) is 45.2 Å². The van der Waals surface area contributed by atoms with E-state index >= 15 is 0 Å². The van der Waals surface area contributed by atoms with E-state index in [0.29, 0.717) is 34.5 Å². The molecule has 184 valence electrons. The first-order valence-corrected chi connectivity index (χ1v) is 11.0. The Balaban J connectivity index is 2.25. The van der Waals surface area contributed by atoms with E-state index in [9.17, 15) is 29.6 Å². The summed E-state index contributed by atoms with van der Waals surface area (Å²) in [6.45, 7) is 5.22. The number of rotatable bonds is 9. The summed E-state index contributed by atoms with van der Waals surface area (Å²) in [7, 11) is 1.23. The average molecular weight is 482 g/mol. The van der Waals surface area contributed by atoms with Crippen LogP contribution in [0.4, 0.5) is 5.69 Å². The van der Waals surface area contributed by atoms with Crippen molar-refractivity contribution in [1.82, 2.24) is 9.88 Å². The number of carbonyl (C=O) groups is 3. The molecule has 2 N–H and O–H groups in total. The highest BCUT2D eigenvalue weighted by molar-refractivity contribution is 5.92. The molecule has 10 heteroatoms. The minimum Gasteiger partial charge on any atom is -0.481 e. The number of allylic oxidation sites excluding steroid dienone is 3. The van der Waals surface area contributed by atoms with Crippen molar-refractivity contribution in [3.05, 3.63) is 86.5 Å². The molecule has 0 spiro atoms. The molecular formula is C25H27N3O7. The van der Waals surface area contributed by atoms with Gasteiger partial charge in [-0.1, -0.05) is 31.2 Å². The van der Waals surface area contributed by atoms with Gasteiger partial charge in [-0.2, -0.15) is 0 Å². The number of carboxylic acid groups (broad SMARTS) is 1. The normalized spacial score (nSPS) is 17.4. The molecule has 1 aromatic carbocycles. The molecule has 0 saturated carbocycles. The number of H-pyrrole nitrogens is 1. The predicted molar refractivity (Wildman–Crippen MR) is 126 cm³/mol. The molecule has 1 aromatic heterocycles. The van der Waals surface area contributed by atoms with E-state index in [-0.39, 0.29) is 17.7 Å². The first-order valence-electron chi connectivity index (χ1n) is 11.0. The van der Waals surface area contributed by atoms with Gasteiger partial charge < -0.3 is 19.7 Å². The van der Waals surface area contributed by atoms with E-state index in [0.717, 1.165) is 0 Å². The number of aromatic nitrogens is 1. The van der Waals surface area contributed by atoms with E-state index in [4.69, 9.17) is 4.74 Å². The average Bonchev–Trinajstić information content (AvgIpc) is 3.28. The molecule has 3 rings (SSSR count). The fraction of sp³-hybridized carbons (Fsp3) is 0.320. The monoisotopic (exact) mass is 481 g/mol. The highest BCUT2D eigenvalue weighted by atomic mass is 16.6. The van der Waals surface area contributed by atoms with Crippen molar-refractivity contribution in [2.75, 3.05) is 7.11 Å². The number of esters is 1. The van der Waals surface area contributed by atoms with Crippen LogP contribution in [0.2, 0.25) is 0 Å². The molecule has 10 nitrogen and oxygen atoms in total. The minimum absolute atomic E-state index is 0.132. The Morgan fingerprint density at radius 1 is 1.29 bits per heavy atom. The number of nitro groups is 1. The number of carbonyl (C=O) groups excluding carboxylic acids is 2. The highest BCUT2D eigenvalue weighted by Gasteiger charge is 2.39. The van der Waals surface area contributed by atoms with E-state index in [1.807, 2.05) is 0 Å². The van der Waals surface area contributed by atoms with Crippen molar-refractivity contribution >= 4 is 23.9 Å². The summed E-state index contributed by atoms with van der Waals surface area (Å²) in [5.41, 5.74) is 2.37. The highest BCUT2D eigenvalue weighted by Crippen LogP contribution is 2.45. The summed E-state index contributed by atoms with van der Waals surface area (Å²) in [5, 5.41) is 21.2. The van der Waals surface area contributed by atoms with Crippen molar-refractivity contribution in [1.29, 1.82) is 0 Å². The van der Waals surface area contributed by atoms with E-state index in [2.05, 4.69) is 4.98 Å². The summed E-state index contributed by atoms with van der Waals surface area (Å²) in [6, 6.07) is 7.15. The number of carboxylic acids is 1. The number of nitrogens with one attached hydrogen (secondary N) is 1. The standard InChI is InChI=1S/C25H27N3O7/c1-14(11-21(30)31)24(23-17(13-29)9-10-26-23)27-15(2)12-19(22(16(27)3)25(32)35-4)18-7-5-6-8-20(18)28(33)34/h5-10,12-14,19,24,26H,11H2,1-4H3,(H,30,31). The van der Waals surface area contributed by atoms with Crippen molar-refractivity contribution in [2.45, 2.75) is 39.2 Å². The first kappa shape index (κ1) is 25.4. The molecule has 1 aliphatic heterocycles. The van der Waals surface area contributed by atoms with Crippen LogP contribution in [0.5, 0.6) is 0 Å². The minimum atomic E-state index is -1.01. The second-order valence-electron chi connectivity index (χ2n) is 8.45. The van der Waals surface area contributed by atoms with E-state index < -0.39 is 34.7 Å². The van der Waals surface area contributed by atoms with Crippen LogP contribution < -0.4 is 0 Å². The fourth-order valence-electron chi connectivity index (χ4n) is 4.81. The molecule has 0 bridgehead atoms. The molecule has 3 atom stereocenters. The van der Waals surface area contributed by atoms with E-state index in [1.54, 1.807) is 62.2 Å². The van der Waals surface area contributed by atoms with Crippen LogP contribution >= 0.6 is 0 Å². The smallest absolute Gasteiger partial charge is 0.336 e. The lowest BCUT2D eigenvalue weighted by Crippen LogP contribution is -2.36. The number of hydrogen-bond donors (Lipinski definition) is 2. The first-order chi connectivity index (χ1) is 16.6. The predicted octanol–water partition coefficient (Wildman–Crippen LogP) is 4.34. The lowest BCUT2D eigenvalue weighted by Gasteiger charge is -2.42. The van der Waals surface area contributed by atoms with Gasteiger partial charge in [0.25, 0.3) is 5.69 Å². The quantitative estimate of drug-likeness (QED) is 0.233. The van der Waals surface area contributed by atoms with Crippen LogP contribution in [0.15, 0.2) is 59.6 Å². The lowest BCUT2D eigenvalue weighted by atomic mass is 9.83. The molecule has 0 aliphatic carbocycles. The van der Waals surface area contributed by atoms with Crippen LogP contribution in [0.3, 0.4) is 0 Å². The lowest BCUT2D eigenvalue weighted by molar-refractivity contribution is -0.385. The largest absolute Gasteiger partial charge is 0.481 e. The molecule has 3 unspecified atom stereocenters. The maximum Gasteiger partial charge on any atom is 0.336 e. The second-order valence-corrected chi connectivity index (χ2v) is 8.45. The van der Waals surface area contributed by atoms with Gasteiger partial charge in [0.1, 0.15) is 0 Å². The third kappa shape index (κ3) is 4.86. The van der Waals surface area contributed by atoms with Crippen LogP contribution in [0.25, 0.3) is 0 Å². The van der Waals surface area contributed by atoms with Gasteiger partial charge in [-0.05, 0) is 25.8 Å². The van der Waals surface area contributed by atoms with Crippen molar-refractivity contribution < 1.29 is 29.2 Å². The van der Waals surface area contributed by atoms with Gasteiger partial charge >= 0.3 is 11.9 Å². The number of hydrogen-bond acceptors (Lipinski definition) is 7. The zero-order valence-electron chi connectivity index (χ0n) is 19.8. The molecule has 1 aliphatic rings.